The van der Waals surface area contributed by atoms with Gasteiger partial charge in [-0.1, -0.05) is 48.6 Å². The molecule has 0 aliphatic heterocycles. The second-order valence-corrected chi connectivity index (χ2v) is 10.4. The van der Waals surface area contributed by atoms with Crippen LogP contribution in [0.5, 0.6) is 23.0 Å². The fourth-order valence-electron chi connectivity index (χ4n) is 4.60. The molecule has 4 nitrogen and oxygen atoms in total. The van der Waals surface area contributed by atoms with Crippen LogP contribution in [0.4, 0.5) is 0 Å². The highest BCUT2D eigenvalue weighted by Gasteiger charge is 2.07. The Kier molecular flexibility index (Phi) is 11.4. The Morgan fingerprint density at radius 2 is 0.810 bits per heavy atom. The van der Waals surface area contributed by atoms with E-state index in [1.807, 2.05) is 24.3 Å². The summed E-state index contributed by atoms with van der Waals surface area (Å²) in [6, 6.07) is 24.7. The number of hydrogen-bond donors (Lipinski definition) is 0. The van der Waals surface area contributed by atoms with Crippen LogP contribution in [0, 0.1) is 27.7 Å². The van der Waals surface area contributed by atoms with Crippen molar-refractivity contribution < 1.29 is 18.9 Å². The molecule has 4 aromatic rings. The number of aryl methyl sites for hydroxylation is 2. The summed E-state index contributed by atoms with van der Waals surface area (Å²) in [5.74, 6) is 3.62. The van der Waals surface area contributed by atoms with E-state index in [0.29, 0.717) is 0 Å². The smallest absolute Gasteiger partial charge is 0.122 e. The molecule has 0 fully saturated rings. The molecular formula is C38H44O4. The standard InChI is InChI=1S/2C19H22O2/c2*1-13-11-17(12-19(21-5)15(13)3)14(2)10-16-6-8-18(20-4)9-7-16/h2*6-12H,1-5H3/b14-10+;14-10-. The first kappa shape index (κ1) is 32.1. The van der Waals surface area contributed by atoms with Gasteiger partial charge in [-0.2, -0.15) is 0 Å². The lowest BCUT2D eigenvalue weighted by molar-refractivity contribution is 0.411. The molecule has 4 rings (SSSR count). The van der Waals surface area contributed by atoms with Crippen molar-refractivity contribution in [3.05, 3.63) is 117 Å². The monoisotopic (exact) mass is 564 g/mol. The molecule has 220 valence electrons. The maximum atomic E-state index is 5.45. The summed E-state index contributed by atoms with van der Waals surface area (Å²) in [4.78, 5) is 0. The normalized spacial score (nSPS) is 11.4. The van der Waals surface area contributed by atoms with E-state index in [-0.39, 0.29) is 0 Å². The Labute approximate surface area is 252 Å². The number of methoxy groups -OCH3 is 4. The van der Waals surface area contributed by atoms with Gasteiger partial charge < -0.3 is 18.9 Å². The van der Waals surface area contributed by atoms with Crippen LogP contribution in [0.25, 0.3) is 23.3 Å². The molecule has 4 aromatic carbocycles. The largest absolute Gasteiger partial charge is 0.497 e. The minimum atomic E-state index is 0.873. The summed E-state index contributed by atoms with van der Waals surface area (Å²) in [6.07, 6.45) is 4.34. The predicted molar refractivity (Wildman–Crippen MR) is 178 cm³/mol. The first-order valence-corrected chi connectivity index (χ1v) is 14.1. The summed E-state index contributed by atoms with van der Waals surface area (Å²) >= 11 is 0. The molecule has 0 aliphatic rings. The van der Waals surface area contributed by atoms with Crippen molar-refractivity contribution in [3.63, 3.8) is 0 Å². The lowest BCUT2D eigenvalue weighted by Gasteiger charge is -2.11. The van der Waals surface area contributed by atoms with E-state index >= 15 is 0 Å². The van der Waals surface area contributed by atoms with Gasteiger partial charge in [0.15, 0.2) is 0 Å². The van der Waals surface area contributed by atoms with E-state index in [4.69, 9.17) is 18.9 Å². The third-order valence-electron chi connectivity index (χ3n) is 7.59. The zero-order valence-electron chi connectivity index (χ0n) is 26.7. The van der Waals surface area contributed by atoms with Gasteiger partial charge in [0.2, 0.25) is 0 Å². The SMILES string of the molecule is COc1ccc(/C=C(/C)c2cc(C)c(C)c(OC)c2)cc1.COc1ccc(/C=C(\C)c2cc(C)c(C)c(OC)c2)cc1. The zero-order valence-corrected chi connectivity index (χ0v) is 26.7. The molecule has 4 heteroatoms. The molecule has 0 aliphatic carbocycles. The maximum absolute atomic E-state index is 5.45. The average molecular weight is 565 g/mol. The molecule has 42 heavy (non-hydrogen) atoms. The van der Waals surface area contributed by atoms with Crippen LogP contribution in [-0.4, -0.2) is 28.4 Å². The fourth-order valence-corrected chi connectivity index (χ4v) is 4.60. The third kappa shape index (κ3) is 8.29. The third-order valence-corrected chi connectivity index (χ3v) is 7.59. The van der Waals surface area contributed by atoms with Gasteiger partial charge in [0, 0.05) is 0 Å². The topological polar surface area (TPSA) is 36.9 Å². The molecule has 0 spiro atoms. The lowest BCUT2D eigenvalue weighted by atomic mass is 9.99. The van der Waals surface area contributed by atoms with Crippen LogP contribution in [0.1, 0.15) is 58.4 Å². The maximum Gasteiger partial charge on any atom is 0.122 e. The molecule has 0 unspecified atom stereocenters. The second-order valence-electron chi connectivity index (χ2n) is 10.4. The lowest BCUT2D eigenvalue weighted by Crippen LogP contribution is -1.93. The van der Waals surface area contributed by atoms with Gasteiger partial charge in [-0.3, -0.25) is 0 Å². The molecule has 0 N–H and O–H groups in total. The number of ether oxygens (including phenoxy) is 4. The summed E-state index contributed by atoms with van der Waals surface area (Å²) in [5.41, 5.74) is 12.0. The van der Waals surface area contributed by atoms with Crippen molar-refractivity contribution in [3.8, 4) is 23.0 Å². The van der Waals surface area contributed by atoms with Crippen LogP contribution in [0.2, 0.25) is 0 Å². The van der Waals surface area contributed by atoms with Gasteiger partial charge in [-0.05, 0) is 134 Å². The van der Waals surface area contributed by atoms with E-state index in [1.165, 1.54) is 44.5 Å². The molecule has 0 heterocycles. The van der Waals surface area contributed by atoms with Crippen LogP contribution >= 0.6 is 0 Å². The van der Waals surface area contributed by atoms with E-state index in [1.54, 1.807) is 28.4 Å². The first-order valence-electron chi connectivity index (χ1n) is 14.1. The van der Waals surface area contributed by atoms with Crippen molar-refractivity contribution in [1.82, 2.24) is 0 Å². The molecule has 0 bridgehead atoms. The highest BCUT2D eigenvalue weighted by atomic mass is 16.5. The molecule has 0 atom stereocenters. The number of benzene rings is 4. The van der Waals surface area contributed by atoms with Crippen LogP contribution in [0.3, 0.4) is 0 Å². The highest BCUT2D eigenvalue weighted by molar-refractivity contribution is 5.82. The molecule has 0 saturated carbocycles. The van der Waals surface area contributed by atoms with Gasteiger partial charge in [-0.15, -0.1) is 0 Å². The van der Waals surface area contributed by atoms with Gasteiger partial charge in [0.05, 0.1) is 28.4 Å². The molecule has 0 aromatic heterocycles. The number of rotatable bonds is 8. The molecule has 0 radical (unpaired) electrons. The highest BCUT2D eigenvalue weighted by Crippen LogP contribution is 2.29. The minimum Gasteiger partial charge on any atom is -0.497 e. The van der Waals surface area contributed by atoms with Gasteiger partial charge in [0.1, 0.15) is 23.0 Å². The van der Waals surface area contributed by atoms with Crippen LogP contribution in [-0.2, 0) is 0 Å². The molecule has 0 amide bonds. The summed E-state index contributed by atoms with van der Waals surface area (Å²) in [6.45, 7) is 12.6. The Hall–Kier alpha value is -4.44. The zero-order chi connectivity index (χ0) is 30.8. The van der Waals surface area contributed by atoms with Gasteiger partial charge >= 0.3 is 0 Å². The van der Waals surface area contributed by atoms with Crippen molar-refractivity contribution in [1.29, 1.82) is 0 Å². The van der Waals surface area contributed by atoms with Crippen LogP contribution < -0.4 is 18.9 Å². The van der Waals surface area contributed by atoms with Crippen molar-refractivity contribution in [2.24, 2.45) is 0 Å². The predicted octanol–water partition coefficient (Wildman–Crippen LogP) is 9.76. The Morgan fingerprint density at radius 3 is 1.10 bits per heavy atom. The van der Waals surface area contributed by atoms with Crippen molar-refractivity contribution >= 4 is 23.3 Å². The van der Waals surface area contributed by atoms with Crippen molar-refractivity contribution in [2.45, 2.75) is 41.5 Å². The Morgan fingerprint density at radius 1 is 0.476 bits per heavy atom. The summed E-state index contributed by atoms with van der Waals surface area (Å²) in [7, 11) is 6.79. The summed E-state index contributed by atoms with van der Waals surface area (Å²) < 4.78 is 21.3. The second kappa shape index (κ2) is 15.0. The number of allylic oxidation sites excluding steroid dienone is 2. The average Bonchev–Trinajstić information content (AvgIpc) is 3.00. The Bertz CT molecular complexity index is 1420. The summed E-state index contributed by atoms with van der Waals surface area (Å²) in [5, 5.41) is 0. The molecular weight excluding hydrogens is 520 g/mol. The van der Waals surface area contributed by atoms with Crippen molar-refractivity contribution in [2.75, 3.05) is 28.4 Å². The van der Waals surface area contributed by atoms with Crippen LogP contribution in [0.15, 0.2) is 72.8 Å². The van der Waals surface area contributed by atoms with E-state index < -0.39 is 0 Å². The van der Waals surface area contributed by atoms with Gasteiger partial charge in [0.25, 0.3) is 0 Å². The Balaban J connectivity index is 0.000000230. The van der Waals surface area contributed by atoms with E-state index in [9.17, 15) is 0 Å². The molecule has 0 saturated heterocycles. The van der Waals surface area contributed by atoms with E-state index in [2.05, 4.69) is 102 Å². The fraction of sp³-hybridized carbons (Fsp3) is 0.263. The number of hydrogen-bond acceptors (Lipinski definition) is 4. The van der Waals surface area contributed by atoms with E-state index in [0.717, 1.165) is 34.1 Å². The minimum absolute atomic E-state index is 0.873. The first-order chi connectivity index (χ1) is 20.1. The van der Waals surface area contributed by atoms with Gasteiger partial charge in [-0.25, -0.2) is 0 Å². The quantitative estimate of drug-likeness (QED) is 0.200.